The van der Waals surface area contributed by atoms with Gasteiger partial charge in [-0.15, -0.1) is 0 Å². The van der Waals surface area contributed by atoms with Crippen LogP contribution in [0.4, 0.5) is 0 Å². The smallest absolute Gasteiger partial charge is 0.348 e. The Kier molecular flexibility index (Phi) is 5.27. The van der Waals surface area contributed by atoms with Crippen molar-refractivity contribution in [3.05, 3.63) is 83.9 Å². The fraction of sp³-hybridized carbons (Fsp3) is 0.346. The minimum Gasteiger partial charge on any atom is -0.454 e. The molecule has 1 saturated heterocycles. The molecule has 164 valence electrons. The van der Waals surface area contributed by atoms with E-state index in [-0.39, 0.29) is 6.10 Å². The number of esters is 1. The van der Waals surface area contributed by atoms with E-state index in [0.29, 0.717) is 11.1 Å². The molecule has 2 atom stereocenters. The van der Waals surface area contributed by atoms with Crippen LogP contribution in [0, 0.1) is 0 Å². The molecule has 0 radical (unpaired) electrons. The number of hydrogen-bond acceptors (Lipinski definition) is 5. The maximum absolute atomic E-state index is 13.5. The van der Waals surface area contributed by atoms with E-state index < -0.39 is 11.6 Å². The number of benzene rings is 2. The van der Waals surface area contributed by atoms with E-state index in [4.69, 9.17) is 4.74 Å². The number of carbonyl (C=O) groups excluding carboxylic acids is 1. The van der Waals surface area contributed by atoms with Crippen molar-refractivity contribution in [1.82, 2.24) is 9.97 Å². The van der Waals surface area contributed by atoms with Gasteiger partial charge in [0, 0.05) is 35.9 Å². The second kappa shape index (κ2) is 8.11. The predicted octanol–water partition coefficient (Wildman–Crippen LogP) is 3.09. The third kappa shape index (κ3) is 3.59. The largest absolute Gasteiger partial charge is 0.454 e. The van der Waals surface area contributed by atoms with Crippen LogP contribution in [-0.2, 0) is 21.6 Å². The average Bonchev–Trinajstić information content (AvgIpc) is 3.09. The summed E-state index contributed by atoms with van der Waals surface area (Å²) in [6.45, 7) is 2.69. The van der Waals surface area contributed by atoms with E-state index in [9.17, 15) is 9.90 Å². The summed E-state index contributed by atoms with van der Waals surface area (Å²) in [5.74, 6) is -0.579. The highest BCUT2D eigenvalue weighted by molar-refractivity contribution is 5.96. The lowest BCUT2D eigenvalue weighted by atomic mass is 9.91. The maximum atomic E-state index is 13.5. The zero-order valence-electron chi connectivity index (χ0n) is 18.3. The molecule has 2 aliphatic rings. The van der Waals surface area contributed by atoms with E-state index in [1.54, 1.807) is 12.5 Å². The summed E-state index contributed by atoms with van der Waals surface area (Å²) in [5.41, 5.74) is 2.22. The molecule has 0 spiro atoms. The summed E-state index contributed by atoms with van der Waals surface area (Å²) in [5, 5.41) is 11.7. The fourth-order valence-electron chi connectivity index (χ4n) is 5.19. The third-order valence-corrected chi connectivity index (χ3v) is 6.91. The van der Waals surface area contributed by atoms with Gasteiger partial charge in [-0.25, -0.2) is 14.8 Å². The Hall–Kier alpha value is -3.09. The lowest BCUT2D eigenvalue weighted by Gasteiger charge is -2.41. The highest BCUT2D eigenvalue weighted by Crippen LogP contribution is 2.48. The van der Waals surface area contributed by atoms with Gasteiger partial charge in [0.15, 0.2) is 6.10 Å². The van der Waals surface area contributed by atoms with Crippen molar-refractivity contribution in [2.45, 2.75) is 31.0 Å². The predicted molar refractivity (Wildman–Crippen MR) is 121 cm³/mol. The topological polar surface area (TPSA) is 72.3 Å². The Bertz CT molecular complexity index is 1090. The molecule has 1 aliphatic carbocycles. The van der Waals surface area contributed by atoms with E-state index in [0.717, 1.165) is 60.2 Å². The summed E-state index contributed by atoms with van der Waals surface area (Å²) < 4.78 is 6.82. The molecule has 0 amide bonds. The van der Waals surface area contributed by atoms with Crippen LogP contribution in [0.25, 0.3) is 11.1 Å². The SMILES string of the molecule is C[N+]1(CCc2ccncn2)CCCC(OC(=O)C2(O)c3ccccc3-c3ccccc32)C1. The number of ether oxygens (including phenoxy) is 1. The first-order chi connectivity index (χ1) is 15.5. The van der Waals surface area contributed by atoms with Gasteiger partial charge in [0.05, 0.1) is 20.1 Å². The number of aliphatic hydroxyl groups is 1. The number of quaternary nitrogens is 1. The Balaban J connectivity index is 1.34. The van der Waals surface area contributed by atoms with Gasteiger partial charge in [-0.05, 0) is 23.6 Å². The van der Waals surface area contributed by atoms with Crippen molar-refractivity contribution in [1.29, 1.82) is 0 Å². The van der Waals surface area contributed by atoms with Crippen LogP contribution in [0.1, 0.15) is 29.7 Å². The first kappa shape index (κ1) is 20.8. The quantitative estimate of drug-likeness (QED) is 0.498. The van der Waals surface area contributed by atoms with E-state index in [2.05, 4.69) is 17.0 Å². The maximum Gasteiger partial charge on any atom is 0.348 e. The first-order valence-corrected chi connectivity index (χ1v) is 11.2. The first-order valence-electron chi connectivity index (χ1n) is 11.2. The molecule has 1 aliphatic heterocycles. The molecule has 1 fully saturated rings. The zero-order chi connectivity index (χ0) is 22.2. The molecule has 2 unspecified atom stereocenters. The second-order valence-corrected chi connectivity index (χ2v) is 9.17. The lowest BCUT2D eigenvalue weighted by Crippen LogP contribution is -2.55. The van der Waals surface area contributed by atoms with Crippen molar-refractivity contribution in [2.24, 2.45) is 0 Å². The summed E-state index contributed by atoms with van der Waals surface area (Å²) in [7, 11) is 2.20. The fourth-order valence-corrected chi connectivity index (χ4v) is 5.19. The van der Waals surface area contributed by atoms with E-state index in [1.165, 1.54) is 0 Å². The number of rotatable bonds is 5. The molecule has 1 N–H and O–H groups in total. The van der Waals surface area contributed by atoms with Crippen LogP contribution in [0.3, 0.4) is 0 Å². The number of nitrogens with zero attached hydrogens (tertiary/aromatic N) is 3. The van der Waals surface area contributed by atoms with Gasteiger partial charge in [0.1, 0.15) is 12.9 Å². The van der Waals surface area contributed by atoms with Crippen LogP contribution in [0.5, 0.6) is 0 Å². The van der Waals surface area contributed by atoms with Crippen LogP contribution in [0.15, 0.2) is 67.1 Å². The Labute approximate surface area is 188 Å². The van der Waals surface area contributed by atoms with Gasteiger partial charge >= 0.3 is 5.97 Å². The zero-order valence-corrected chi connectivity index (χ0v) is 18.3. The van der Waals surface area contributed by atoms with Gasteiger partial charge in [0.25, 0.3) is 0 Å². The van der Waals surface area contributed by atoms with E-state index >= 15 is 0 Å². The lowest BCUT2D eigenvalue weighted by molar-refractivity contribution is -0.916. The molecular formula is C26H28N3O3+. The number of piperidine rings is 1. The summed E-state index contributed by atoms with van der Waals surface area (Å²) in [6, 6.07) is 17.0. The molecular weight excluding hydrogens is 402 g/mol. The Morgan fingerprint density at radius 3 is 2.47 bits per heavy atom. The standard InChI is InChI=1S/C26H28N3O3/c1-29(16-13-19-12-14-27-18-28-19)15-6-7-20(17-29)32-25(30)26(31)23-10-4-2-8-21(23)22-9-3-5-11-24(22)26/h2-5,8-12,14,18,20,31H,6-7,13,15-17H2,1H3/q+1. The molecule has 0 bridgehead atoms. The summed E-state index contributed by atoms with van der Waals surface area (Å²) in [6.07, 6.45) is 5.76. The molecule has 6 nitrogen and oxygen atoms in total. The highest BCUT2D eigenvalue weighted by Gasteiger charge is 2.50. The molecule has 5 rings (SSSR count). The van der Waals surface area contributed by atoms with Crippen molar-refractivity contribution in [3.8, 4) is 11.1 Å². The van der Waals surface area contributed by atoms with Crippen molar-refractivity contribution in [2.75, 3.05) is 26.7 Å². The number of hydrogen-bond donors (Lipinski definition) is 1. The van der Waals surface area contributed by atoms with E-state index in [1.807, 2.05) is 54.6 Å². The molecule has 2 heterocycles. The van der Waals surface area contributed by atoms with Gasteiger partial charge in [0.2, 0.25) is 5.60 Å². The second-order valence-electron chi connectivity index (χ2n) is 9.17. The molecule has 0 saturated carbocycles. The van der Waals surface area contributed by atoms with Crippen molar-refractivity contribution < 1.29 is 19.1 Å². The van der Waals surface area contributed by atoms with Crippen LogP contribution in [-0.4, -0.2) is 58.3 Å². The average molecular weight is 431 g/mol. The Morgan fingerprint density at radius 1 is 1.12 bits per heavy atom. The Morgan fingerprint density at radius 2 is 1.81 bits per heavy atom. The monoisotopic (exact) mass is 430 g/mol. The van der Waals surface area contributed by atoms with Crippen LogP contribution < -0.4 is 0 Å². The van der Waals surface area contributed by atoms with Gasteiger partial charge < -0.3 is 14.3 Å². The van der Waals surface area contributed by atoms with Crippen molar-refractivity contribution in [3.63, 3.8) is 0 Å². The number of likely N-dealkylation sites (tertiary alicyclic amines) is 1. The third-order valence-electron chi connectivity index (χ3n) is 6.91. The minimum absolute atomic E-state index is 0.226. The normalized spacial score (nSPS) is 23.2. The molecule has 1 aromatic heterocycles. The number of fused-ring (bicyclic) bond motifs is 3. The minimum atomic E-state index is -1.77. The van der Waals surface area contributed by atoms with Gasteiger partial charge in [-0.1, -0.05) is 48.5 Å². The summed E-state index contributed by atoms with van der Waals surface area (Å²) in [4.78, 5) is 21.8. The van der Waals surface area contributed by atoms with Crippen molar-refractivity contribution >= 4 is 5.97 Å². The number of carbonyl (C=O) groups is 1. The molecule has 3 aromatic rings. The molecule has 6 heteroatoms. The summed E-state index contributed by atoms with van der Waals surface area (Å²) >= 11 is 0. The van der Waals surface area contributed by atoms with Crippen LogP contribution in [0.2, 0.25) is 0 Å². The van der Waals surface area contributed by atoms with Gasteiger partial charge in [-0.2, -0.15) is 0 Å². The number of likely N-dealkylation sites (N-methyl/N-ethyl adjacent to an activating group) is 1. The van der Waals surface area contributed by atoms with Crippen LogP contribution >= 0.6 is 0 Å². The molecule has 2 aromatic carbocycles. The number of aromatic nitrogens is 2. The van der Waals surface area contributed by atoms with Gasteiger partial charge in [-0.3, -0.25) is 0 Å². The highest BCUT2D eigenvalue weighted by atomic mass is 16.6. The molecule has 32 heavy (non-hydrogen) atoms.